The monoisotopic (exact) mass is 367 g/mol. The quantitative estimate of drug-likeness (QED) is 0.744. The Morgan fingerprint density at radius 2 is 1.96 bits per heavy atom. The van der Waals surface area contributed by atoms with Crippen molar-refractivity contribution in [3.8, 4) is 5.69 Å². The maximum Gasteiger partial charge on any atom is 0.347 e. The maximum atomic E-state index is 12.7. The van der Waals surface area contributed by atoms with E-state index in [9.17, 15) is 9.59 Å². The second-order valence-corrected chi connectivity index (χ2v) is 6.71. The van der Waals surface area contributed by atoms with Crippen LogP contribution in [0.2, 0.25) is 0 Å². The summed E-state index contributed by atoms with van der Waals surface area (Å²) in [5.41, 5.74) is 0.555. The smallest absolute Gasteiger partial charge is 0.341 e. The van der Waals surface area contributed by atoms with Crippen molar-refractivity contribution in [1.29, 1.82) is 0 Å². The zero-order chi connectivity index (χ0) is 18.8. The number of aromatic amines is 1. The number of carbonyl (C=O) groups is 1. The van der Waals surface area contributed by atoms with Crippen molar-refractivity contribution in [2.75, 3.05) is 13.1 Å². The number of rotatable bonds is 4. The van der Waals surface area contributed by atoms with Crippen molar-refractivity contribution >= 4 is 5.91 Å². The fourth-order valence-electron chi connectivity index (χ4n) is 3.56. The zero-order valence-corrected chi connectivity index (χ0v) is 15.0. The van der Waals surface area contributed by atoms with Crippen LogP contribution >= 0.6 is 0 Å². The highest BCUT2D eigenvalue weighted by atomic mass is 16.2. The second-order valence-electron chi connectivity index (χ2n) is 6.71. The molecule has 1 aromatic carbocycles. The van der Waals surface area contributed by atoms with E-state index in [0.29, 0.717) is 13.1 Å². The lowest BCUT2D eigenvalue weighted by atomic mass is 9.95. The number of amides is 1. The molecule has 1 N–H and O–H groups in total. The van der Waals surface area contributed by atoms with Crippen LogP contribution in [-0.4, -0.2) is 53.4 Å². The first-order valence-corrected chi connectivity index (χ1v) is 9.01. The summed E-state index contributed by atoms with van der Waals surface area (Å²) in [4.78, 5) is 30.7. The molecule has 1 amide bonds. The summed E-state index contributed by atoms with van der Waals surface area (Å²) in [5.74, 6) is 0.874. The molecule has 4 rings (SSSR count). The molecule has 1 unspecified atom stereocenters. The minimum absolute atomic E-state index is 0.0291. The van der Waals surface area contributed by atoms with Crippen LogP contribution in [-0.2, 0) is 4.79 Å². The third-order valence-corrected chi connectivity index (χ3v) is 5.08. The van der Waals surface area contributed by atoms with Crippen LogP contribution in [0.15, 0.2) is 47.8 Å². The lowest BCUT2D eigenvalue weighted by molar-refractivity contribution is -0.135. The van der Waals surface area contributed by atoms with Gasteiger partial charge in [-0.15, -0.1) is 0 Å². The Balaban J connectivity index is 1.48. The molecule has 0 bridgehead atoms. The number of nitrogens with one attached hydrogen (secondary N) is 1. The normalized spacial score (nSPS) is 16.4. The SMILES string of the molecule is CC(C(=O)N1CCC(c2n[nH]c(=O)n2-c2ccccc2)CC1)n1cncn1. The highest BCUT2D eigenvalue weighted by Crippen LogP contribution is 2.28. The third-order valence-electron chi connectivity index (χ3n) is 5.08. The Bertz CT molecular complexity index is 953. The topological polar surface area (TPSA) is 102 Å². The second kappa shape index (κ2) is 7.18. The van der Waals surface area contributed by atoms with Crippen molar-refractivity contribution < 1.29 is 4.79 Å². The number of para-hydroxylation sites is 1. The summed E-state index contributed by atoms with van der Waals surface area (Å²) in [6.45, 7) is 3.07. The van der Waals surface area contributed by atoms with Gasteiger partial charge in [0.05, 0.1) is 5.69 Å². The average molecular weight is 367 g/mol. The van der Waals surface area contributed by atoms with Gasteiger partial charge in [-0.05, 0) is 31.9 Å². The average Bonchev–Trinajstić information content (AvgIpc) is 3.37. The Morgan fingerprint density at radius 3 is 2.63 bits per heavy atom. The Hall–Kier alpha value is -3.23. The van der Waals surface area contributed by atoms with E-state index in [2.05, 4.69) is 20.3 Å². The molecule has 1 aliphatic rings. The molecule has 3 heterocycles. The number of hydrogen-bond donors (Lipinski definition) is 1. The van der Waals surface area contributed by atoms with Gasteiger partial charge in [-0.2, -0.15) is 10.2 Å². The number of H-pyrrole nitrogens is 1. The molecule has 0 saturated carbocycles. The molecule has 9 nitrogen and oxygen atoms in total. The molecule has 1 fully saturated rings. The molecule has 1 aliphatic heterocycles. The molecule has 3 aromatic rings. The molecular weight excluding hydrogens is 346 g/mol. The highest BCUT2D eigenvalue weighted by Gasteiger charge is 2.30. The van der Waals surface area contributed by atoms with E-state index < -0.39 is 0 Å². The van der Waals surface area contributed by atoms with Crippen LogP contribution in [0.25, 0.3) is 5.69 Å². The van der Waals surface area contributed by atoms with Crippen LogP contribution in [0.4, 0.5) is 0 Å². The van der Waals surface area contributed by atoms with Crippen molar-refractivity contribution in [1.82, 2.24) is 34.4 Å². The Labute approximate surface area is 155 Å². The molecule has 0 spiro atoms. The molecule has 2 aromatic heterocycles. The largest absolute Gasteiger partial charge is 0.347 e. The third kappa shape index (κ3) is 3.27. The van der Waals surface area contributed by atoms with Gasteiger partial charge in [0.15, 0.2) is 0 Å². The number of carbonyl (C=O) groups excluding carboxylic acids is 1. The van der Waals surface area contributed by atoms with Crippen LogP contribution in [0.5, 0.6) is 0 Å². The van der Waals surface area contributed by atoms with E-state index in [4.69, 9.17) is 0 Å². The molecule has 1 atom stereocenters. The number of aromatic nitrogens is 6. The summed E-state index contributed by atoms with van der Waals surface area (Å²) in [6.07, 6.45) is 4.49. The number of piperidine rings is 1. The predicted octanol–water partition coefficient (Wildman–Crippen LogP) is 1.12. The molecule has 0 radical (unpaired) electrons. The van der Waals surface area contributed by atoms with Gasteiger partial charge in [0.2, 0.25) is 5.91 Å². The fourth-order valence-corrected chi connectivity index (χ4v) is 3.56. The van der Waals surface area contributed by atoms with Crippen molar-refractivity contribution in [3.05, 3.63) is 59.3 Å². The summed E-state index contributed by atoms with van der Waals surface area (Å²) in [5, 5.41) is 10.9. The summed E-state index contributed by atoms with van der Waals surface area (Å²) in [6, 6.07) is 9.10. The molecule has 0 aliphatic carbocycles. The van der Waals surface area contributed by atoms with Gasteiger partial charge >= 0.3 is 5.69 Å². The van der Waals surface area contributed by atoms with Gasteiger partial charge in [-0.1, -0.05) is 18.2 Å². The molecule has 9 heteroatoms. The predicted molar refractivity (Wildman–Crippen MR) is 97.5 cm³/mol. The molecular formula is C18H21N7O2. The summed E-state index contributed by atoms with van der Waals surface area (Å²) in [7, 11) is 0. The number of nitrogens with zero attached hydrogens (tertiary/aromatic N) is 6. The molecule has 140 valence electrons. The minimum Gasteiger partial charge on any atom is -0.341 e. The first-order chi connectivity index (χ1) is 13.1. The molecule has 1 saturated heterocycles. The lowest BCUT2D eigenvalue weighted by Crippen LogP contribution is -2.41. The zero-order valence-electron chi connectivity index (χ0n) is 15.0. The van der Waals surface area contributed by atoms with Gasteiger partial charge in [0.1, 0.15) is 24.5 Å². The number of hydrogen-bond acceptors (Lipinski definition) is 5. The minimum atomic E-state index is -0.378. The Morgan fingerprint density at radius 1 is 1.22 bits per heavy atom. The first kappa shape index (κ1) is 17.2. The van der Waals surface area contributed by atoms with E-state index in [1.165, 1.54) is 6.33 Å². The highest BCUT2D eigenvalue weighted by molar-refractivity contribution is 5.80. The van der Waals surface area contributed by atoms with Crippen molar-refractivity contribution in [2.24, 2.45) is 0 Å². The Kier molecular flexibility index (Phi) is 4.57. The van der Waals surface area contributed by atoms with E-state index in [1.54, 1.807) is 15.6 Å². The maximum absolute atomic E-state index is 12.7. The summed E-state index contributed by atoms with van der Waals surface area (Å²) < 4.78 is 3.19. The van der Waals surface area contributed by atoms with E-state index in [1.807, 2.05) is 42.2 Å². The number of benzene rings is 1. The fraction of sp³-hybridized carbons (Fsp3) is 0.389. The van der Waals surface area contributed by atoms with Gasteiger partial charge < -0.3 is 4.90 Å². The first-order valence-electron chi connectivity index (χ1n) is 9.01. The van der Waals surface area contributed by atoms with Crippen LogP contribution in [0.3, 0.4) is 0 Å². The van der Waals surface area contributed by atoms with Crippen LogP contribution < -0.4 is 5.69 Å². The van der Waals surface area contributed by atoms with Gasteiger partial charge in [0.25, 0.3) is 0 Å². The van der Waals surface area contributed by atoms with Gasteiger partial charge in [-0.25, -0.2) is 24.1 Å². The van der Waals surface area contributed by atoms with Crippen LogP contribution in [0.1, 0.15) is 37.5 Å². The van der Waals surface area contributed by atoms with Gasteiger partial charge in [-0.3, -0.25) is 4.79 Å². The van der Waals surface area contributed by atoms with E-state index in [0.717, 1.165) is 24.4 Å². The van der Waals surface area contributed by atoms with Crippen LogP contribution in [0, 0.1) is 0 Å². The molecule has 27 heavy (non-hydrogen) atoms. The summed E-state index contributed by atoms with van der Waals surface area (Å²) >= 11 is 0. The standard InChI is InChI=1S/C18H21N7O2/c1-13(24-12-19-11-20-24)17(26)23-9-7-14(8-10-23)16-21-22-18(27)25(16)15-5-3-2-4-6-15/h2-6,11-14H,7-10H2,1H3,(H,22,27). The van der Waals surface area contributed by atoms with Gasteiger partial charge in [0, 0.05) is 19.0 Å². The van der Waals surface area contributed by atoms with Crippen molar-refractivity contribution in [2.45, 2.75) is 31.7 Å². The number of likely N-dealkylation sites (tertiary alicyclic amines) is 1. The van der Waals surface area contributed by atoms with Crippen molar-refractivity contribution in [3.63, 3.8) is 0 Å². The lowest BCUT2D eigenvalue weighted by Gasteiger charge is -2.33. The van der Waals surface area contributed by atoms with E-state index >= 15 is 0 Å². The van der Waals surface area contributed by atoms with E-state index in [-0.39, 0.29) is 23.6 Å².